The van der Waals surface area contributed by atoms with Crippen molar-refractivity contribution in [2.45, 2.75) is 97.9 Å². The highest BCUT2D eigenvalue weighted by atomic mass is 16.1. The van der Waals surface area contributed by atoms with E-state index in [0.29, 0.717) is 6.42 Å². The maximum atomic E-state index is 11.8. The second-order valence-electron chi connectivity index (χ2n) is 7.48. The van der Waals surface area contributed by atoms with Crippen LogP contribution in [0.15, 0.2) is 6.20 Å². The van der Waals surface area contributed by atoms with Crippen molar-refractivity contribution in [1.82, 2.24) is 20.3 Å². The van der Waals surface area contributed by atoms with Crippen LogP contribution in [0, 0.1) is 5.92 Å². The first-order chi connectivity index (χ1) is 12.1. The van der Waals surface area contributed by atoms with Gasteiger partial charge in [-0.2, -0.15) is 0 Å². The van der Waals surface area contributed by atoms with Gasteiger partial charge in [0, 0.05) is 25.7 Å². The smallest absolute Gasteiger partial charge is 0.220 e. The molecule has 1 N–H and O–H groups in total. The van der Waals surface area contributed by atoms with Gasteiger partial charge in [0.2, 0.25) is 5.91 Å². The fourth-order valence-corrected chi connectivity index (χ4v) is 2.87. The van der Waals surface area contributed by atoms with E-state index in [4.69, 9.17) is 0 Å². The van der Waals surface area contributed by atoms with Crippen LogP contribution in [-0.4, -0.2) is 27.4 Å². The Morgan fingerprint density at radius 1 is 1.12 bits per heavy atom. The number of hydrogen-bond acceptors (Lipinski definition) is 3. The normalized spacial score (nSPS) is 11.2. The topological polar surface area (TPSA) is 59.8 Å². The second kappa shape index (κ2) is 13.9. The predicted octanol–water partition coefficient (Wildman–Crippen LogP) is 4.51. The van der Waals surface area contributed by atoms with E-state index in [1.165, 1.54) is 44.9 Å². The van der Waals surface area contributed by atoms with Crippen molar-refractivity contribution in [2.24, 2.45) is 5.92 Å². The van der Waals surface area contributed by atoms with Gasteiger partial charge in [-0.1, -0.05) is 64.5 Å². The fraction of sp³-hybridized carbons (Fsp3) is 0.850. The average molecular weight is 351 g/mol. The molecule has 0 aliphatic carbocycles. The van der Waals surface area contributed by atoms with Gasteiger partial charge in [-0.3, -0.25) is 9.48 Å². The molecule has 25 heavy (non-hydrogen) atoms. The lowest BCUT2D eigenvalue weighted by atomic mass is 10.0. The van der Waals surface area contributed by atoms with Crippen LogP contribution in [-0.2, 0) is 17.8 Å². The molecular weight excluding hydrogens is 312 g/mol. The van der Waals surface area contributed by atoms with Crippen molar-refractivity contribution in [3.8, 4) is 0 Å². The number of nitrogens with zero attached hydrogens (tertiary/aromatic N) is 3. The van der Waals surface area contributed by atoms with E-state index in [9.17, 15) is 4.79 Å². The summed E-state index contributed by atoms with van der Waals surface area (Å²) in [4.78, 5) is 11.8. The van der Waals surface area contributed by atoms with Crippen LogP contribution in [0.4, 0.5) is 0 Å². The van der Waals surface area contributed by atoms with E-state index < -0.39 is 0 Å². The van der Waals surface area contributed by atoms with E-state index in [1.54, 1.807) is 0 Å². The molecule has 0 radical (unpaired) electrons. The molecule has 0 atom stereocenters. The van der Waals surface area contributed by atoms with Crippen molar-refractivity contribution in [3.63, 3.8) is 0 Å². The van der Waals surface area contributed by atoms with Crippen molar-refractivity contribution in [2.75, 3.05) is 6.54 Å². The highest BCUT2D eigenvalue weighted by molar-refractivity contribution is 5.75. The van der Waals surface area contributed by atoms with Gasteiger partial charge in [-0.05, 0) is 31.6 Å². The van der Waals surface area contributed by atoms with Gasteiger partial charge < -0.3 is 5.32 Å². The van der Waals surface area contributed by atoms with E-state index in [2.05, 4.69) is 36.4 Å². The van der Waals surface area contributed by atoms with Gasteiger partial charge in [-0.25, -0.2) is 0 Å². The van der Waals surface area contributed by atoms with Gasteiger partial charge >= 0.3 is 0 Å². The molecule has 0 aliphatic heterocycles. The van der Waals surface area contributed by atoms with Gasteiger partial charge in [0.15, 0.2) is 0 Å². The van der Waals surface area contributed by atoms with Crippen molar-refractivity contribution in [3.05, 3.63) is 11.9 Å². The molecule has 0 aliphatic rings. The molecule has 1 heterocycles. The Morgan fingerprint density at radius 3 is 2.68 bits per heavy atom. The number of nitrogens with one attached hydrogen (secondary N) is 1. The Hall–Kier alpha value is -1.39. The zero-order valence-electron chi connectivity index (χ0n) is 16.6. The summed E-state index contributed by atoms with van der Waals surface area (Å²) >= 11 is 0. The molecule has 0 saturated heterocycles. The Kier molecular flexibility index (Phi) is 12.0. The highest BCUT2D eigenvalue weighted by Crippen LogP contribution is 2.09. The van der Waals surface area contributed by atoms with E-state index >= 15 is 0 Å². The minimum Gasteiger partial charge on any atom is -0.356 e. The number of amides is 1. The van der Waals surface area contributed by atoms with Crippen LogP contribution in [0.2, 0.25) is 0 Å². The van der Waals surface area contributed by atoms with Gasteiger partial charge in [-0.15, -0.1) is 5.10 Å². The second-order valence-corrected chi connectivity index (χ2v) is 7.48. The quantitative estimate of drug-likeness (QED) is 0.473. The number of unbranched alkanes of at least 4 members (excludes halogenated alkanes) is 5. The van der Waals surface area contributed by atoms with Crippen LogP contribution in [0.3, 0.4) is 0 Å². The standard InChI is InChI=1S/C20H38N4O/c1-4-5-8-13-19-17-24(23-22-19)16-11-14-20(25)21-15-10-7-6-9-12-18(2)3/h17-18H,4-16H2,1-3H3,(H,21,25). The summed E-state index contributed by atoms with van der Waals surface area (Å²) in [5.74, 6) is 0.961. The zero-order valence-corrected chi connectivity index (χ0v) is 16.6. The fourth-order valence-electron chi connectivity index (χ4n) is 2.87. The monoisotopic (exact) mass is 350 g/mol. The molecule has 0 unspecified atom stereocenters. The van der Waals surface area contributed by atoms with Crippen molar-refractivity contribution < 1.29 is 4.79 Å². The minimum atomic E-state index is 0.158. The maximum absolute atomic E-state index is 11.8. The lowest BCUT2D eigenvalue weighted by Crippen LogP contribution is -2.24. The Balaban J connectivity index is 1.99. The third-order valence-corrected chi connectivity index (χ3v) is 4.44. The summed E-state index contributed by atoms with van der Waals surface area (Å²) in [6, 6.07) is 0. The third-order valence-electron chi connectivity index (χ3n) is 4.44. The van der Waals surface area contributed by atoms with Crippen molar-refractivity contribution >= 4 is 5.91 Å². The SMILES string of the molecule is CCCCCc1cn(CCCC(=O)NCCCCCCC(C)C)nn1. The molecule has 1 rings (SSSR count). The van der Waals surface area contributed by atoms with Crippen LogP contribution in [0.25, 0.3) is 0 Å². The van der Waals surface area contributed by atoms with Crippen LogP contribution in [0.5, 0.6) is 0 Å². The molecule has 0 fully saturated rings. The number of carbonyl (C=O) groups is 1. The van der Waals surface area contributed by atoms with Crippen LogP contribution in [0.1, 0.15) is 90.7 Å². The van der Waals surface area contributed by atoms with Gasteiger partial charge in [0.1, 0.15) is 0 Å². The summed E-state index contributed by atoms with van der Waals surface area (Å²) < 4.78 is 1.86. The predicted molar refractivity (Wildman–Crippen MR) is 103 cm³/mol. The summed E-state index contributed by atoms with van der Waals surface area (Å²) in [7, 11) is 0. The molecule has 0 saturated carbocycles. The number of carbonyl (C=O) groups excluding carboxylic acids is 1. The summed E-state index contributed by atoms with van der Waals surface area (Å²) in [6.45, 7) is 8.32. The molecular formula is C20H38N4O. The molecule has 0 spiro atoms. The van der Waals surface area contributed by atoms with E-state index in [-0.39, 0.29) is 5.91 Å². The minimum absolute atomic E-state index is 0.158. The molecule has 1 aromatic heterocycles. The van der Waals surface area contributed by atoms with E-state index in [0.717, 1.165) is 44.0 Å². The Morgan fingerprint density at radius 2 is 1.92 bits per heavy atom. The molecule has 1 aromatic rings. The zero-order chi connectivity index (χ0) is 18.3. The first-order valence-corrected chi connectivity index (χ1v) is 10.3. The number of aryl methyl sites for hydroxylation is 2. The number of rotatable bonds is 15. The summed E-state index contributed by atoms with van der Waals surface area (Å²) in [6.07, 6.45) is 14.3. The lowest BCUT2D eigenvalue weighted by Gasteiger charge is -2.06. The molecule has 5 heteroatoms. The first kappa shape index (κ1) is 21.7. The maximum Gasteiger partial charge on any atom is 0.220 e. The molecule has 0 aromatic carbocycles. The largest absolute Gasteiger partial charge is 0.356 e. The number of hydrogen-bond donors (Lipinski definition) is 1. The highest BCUT2D eigenvalue weighted by Gasteiger charge is 2.04. The molecule has 0 bridgehead atoms. The lowest BCUT2D eigenvalue weighted by molar-refractivity contribution is -0.121. The third kappa shape index (κ3) is 11.7. The van der Waals surface area contributed by atoms with Crippen molar-refractivity contribution in [1.29, 1.82) is 0 Å². The average Bonchev–Trinajstić information content (AvgIpc) is 3.01. The van der Waals surface area contributed by atoms with Crippen LogP contribution < -0.4 is 5.32 Å². The van der Waals surface area contributed by atoms with Gasteiger partial charge in [0.25, 0.3) is 0 Å². The Labute approximate surface area is 154 Å². The van der Waals surface area contributed by atoms with Crippen LogP contribution >= 0.6 is 0 Å². The molecule has 1 amide bonds. The molecule has 144 valence electrons. The van der Waals surface area contributed by atoms with E-state index in [1.807, 2.05) is 10.9 Å². The summed E-state index contributed by atoms with van der Waals surface area (Å²) in [5, 5.41) is 11.4. The Bertz CT molecular complexity index is 456. The summed E-state index contributed by atoms with van der Waals surface area (Å²) in [5.41, 5.74) is 1.07. The van der Waals surface area contributed by atoms with Gasteiger partial charge in [0.05, 0.1) is 5.69 Å². The first-order valence-electron chi connectivity index (χ1n) is 10.3. The number of aromatic nitrogens is 3. The molecule has 5 nitrogen and oxygen atoms in total.